The average molecular weight is 415 g/mol. The highest BCUT2D eigenvalue weighted by Gasteiger charge is 2.43. The van der Waals surface area contributed by atoms with Gasteiger partial charge in [-0.2, -0.15) is 0 Å². The molecule has 1 aliphatic heterocycles. The second-order valence-corrected chi connectivity index (χ2v) is 8.60. The summed E-state index contributed by atoms with van der Waals surface area (Å²) in [4.78, 5) is 20.0. The van der Waals surface area contributed by atoms with Gasteiger partial charge in [0.2, 0.25) is 0 Å². The molecule has 0 bridgehead atoms. The molecule has 156 valence electrons. The molecule has 4 nitrogen and oxygen atoms in total. The first kappa shape index (κ1) is 21.8. The minimum absolute atomic E-state index is 0.0670. The molecule has 1 saturated heterocycles. The summed E-state index contributed by atoms with van der Waals surface area (Å²) in [7, 11) is 0. The lowest BCUT2D eigenvalue weighted by molar-refractivity contribution is -0.159. The van der Waals surface area contributed by atoms with Gasteiger partial charge in [-0.3, -0.25) is 9.78 Å². The van der Waals surface area contributed by atoms with Crippen LogP contribution in [0.15, 0.2) is 42.5 Å². The highest BCUT2D eigenvalue weighted by molar-refractivity contribution is 6.30. The van der Waals surface area contributed by atoms with E-state index in [9.17, 15) is 4.79 Å². The van der Waals surface area contributed by atoms with E-state index in [0.29, 0.717) is 24.1 Å². The normalized spacial score (nSPS) is 17.7. The zero-order valence-electron chi connectivity index (χ0n) is 17.7. The number of halogens is 1. The van der Waals surface area contributed by atoms with Crippen molar-refractivity contribution in [1.29, 1.82) is 0 Å². The van der Waals surface area contributed by atoms with E-state index in [1.165, 1.54) is 0 Å². The van der Waals surface area contributed by atoms with Crippen LogP contribution >= 0.6 is 11.6 Å². The van der Waals surface area contributed by atoms with E-state index in [1.807, 2.05) is 44.2 Å². The second kappa shape index (κ2) is 9.73. The summed E-state index contributed by atoms with van der Waals surface area (Å²) in [6.07, 6.45) is 3.23. The molecule has 0 spiro atoms. The Labute approximate surface area is 179 Å². The number of benzene rings is 1. The largest absolute Gasteiger partial charge is 0.466 e. The van der Waals surface area contributed by atoms with Crippen LogP contribution in [0, 0.1) is 12.3 Å². The molecule has 3 rings (SSSR count). The second-order valence-electron chi connectivity index (χ2n) is 8.16. The summed E-state index contributed by atoms with van der Waals surface area (Å²) in [5.41, 5.74) is 2.85. The number of aromatic nitrogens is 1. The number of hydrogen-bond donors (Lipinski definition) is 0. The maximum atomic E-state index is 12.9. The summed E-state index contributed by atoms with van der Waals surface area (Å²) in [6.45, 7) is 8.35. The summed E-state index contributed by atoms with van der Waals surface area (Å²) in [6, 6.07) is 14.4. The van der Waals surface area contributed by atoms with Crippen molar-refractivity contribution in [3.63, 3.8) is 0 Å². The molecule has 1 aromatic carbocycles. The lowest BCUT2D eigenvalue weighted by Crippen LogP contribution is -2.49. The zero-order chi connectivity index (χ0) is 20.9. The van der Waals surface area contributed by atoms with Crippen molar-refractivity contribution < 1.29 is 9.53 Å². The Morgan fingerprint density at radius 1 is 1.21 bits per heavy atom. The van der Waals surface area contributed by atoms with Gasteiger partial charge in [-0.25, -0.2) is 0 Å². The fourth-order valence-corrected chi connectivity index (χ4v) is 4.39. The maximum Gasteiger partial charge on any atom is 0.312 e. The van der Waals surface area contributed by atoms with Crippen molar-refractivity contribution >= 4 is 17.6 Å². The van der Waals surface area contributed by atoms with Crippen LogP contribution in [0.2, 0.25) is 5.02 Å². The number of pyridine rings is 1. The summed E-state index contributed by atoms with van der Waals surface area (Å²) < 4.78 is 5.49. The fraction of sp³-hybridized carbons (Fsp3) is 0.500. The SMILES string of the molecule is CCOC(=O)C1(Cc2ccc(Cl)cc2)CCN([C@@H](C)Cc2cccc(C)n2)CC1. The molecule has 1 aromatic heterocycles. The van der Waals surface area contributed by atoms with Gasteiger partial charge in [-0.15, -0.1) is 0 Å². The van der Waals surface area contributed by atoms with Crippen LogP contribution in [0.4, 0.5) is 0 Å². The van der Waals surface area contributed by atoms with Crippen LogP contribution in [0.1, 0.15) is 43.6 Å². The minimum Gasteiger partial charge on any atom is -0.466 e. The molecular weight excluding hydrogens is 384 g/mol. The molecule has 5 heteroatoms. The Bertz CT molecular complexity index is 814. The van der Waals surface area contributed by atoms with Gasteiger partial charge in [-0.05, 0) is 83.0 Å². The number of carbonyl (C=O) groups excluding carboxylic acids is 1. The quantitative estimate of drug-likeness (QED) is 0.606. The molecule has 1 fully saturated rings. The van der Waals surface area contributed by atoms with E-state index in [-0.39, 0.29) is 5.97 Å². The molecular formula is C24H31ClN2O2. The number of esters is 1. The first-order valence-electron chi connectivity index (χ1n) is 10.5. The van der Waals surface area contributed by atoms with Gasteiger partial charge in [0.15, 0.2) is 0 Å². The van der Waals surface area contributed by atoms with Crippen LogP contribution in [0.5, 0.6) is 0 Å². The molecule has 0 radical (unpaired) electrons. The van der Waals surface area contributed by atoms with E-state index in [2.05, 4.69) is 28.9 Å². The Hall–Kier alpha value is -1.91. The molecule has 29 heavy (non-hydrogen) atoms. The summed E-state index contributed by atoms with van der Waals surface area (Å²) in [5, 5.41) is 0.715. The lowest BCUT2D eigenvalue weighted by Gasteiger charge is -2.42. The van der Waals surface area contributed by atoms with Gasteiger partial charge in [-0.1, -0.05) is 29.8 Å². The van der Waals surface area contributed by atoms with Crippen molar-refractivity contribution in [2.75, 3.05) is 19.7 Å². The van der Waals surface area contributed by atoms with Gasteiger partial charge in [0.1, 0.15) is 0 Å². The van der Waals surface area contributed by atoms with Crippen molar-refractivity contribution in [1.82, 2.24) is 9.88 Å². The van der Waals surface area contributed by atoms with Crippen molar-refractivity contribution in [3.05, 3.63) is 64.4 Å². The van der Waals surface area contributed by atoms with Gasteiger partial charge in [0.05, 0.1) is 12.0 Å². The maximum absolute atomic E-state index is 12.9. The third-order valence-electron chi connectivity index (χ3n) is 5.99. The Morgan fingerprint density at radius 3 is 2.52 bits per heavy atom. The molecule has 0 N–H and O–H groups in total. The van der Waals surface area contributed by atoms with E-state index in [0.717, 1.165) is 49.3 Å². The zero-order valence-corrected chi connectivity index (χ0v) is 18.4. The number of aryl methyl sites for hydroxylation is 1. The number of rotatable bonds is 7. The van der Waals surface area contributed by atoms with Crippen LogP contribution in [-0.4, -0.2) is 41.6 Å². The van der Waals surface area contributed by atoms with Crippen LogP contribution < -0.4 is 0 Å². The molecule has 2 heterocycles. The molecule has 2 aromatic rings. The molecule has 0 aliphatic carbocycles. The summed E-state index contributed by atoms with van der Waals surface area (Å²) in [5.74, 6) is -0.0670. The first-order valence-corrected chi connectivity index (χ1v) is 10.9. The molecule has 1 atom stereocenters. The Balaban J connectivity index is 1.68. The van der Waals surface area contributed by atoms with Gasteiger partial charge >= 0.3 is 5.97 Å². The van der Waals surface area contributed by atoms with Gasteiger partial charge < -0.3 is 9.64 Å². The van der Waals surface area contributed by atoms with E-state index in [4.69, 9.17) is 16.3 Å². The van der Waals surface area contributed by atoms with E-state index >= 15 is 0 Å². The predicted octanol–water partition coefficient (Wildman–Crippen LogP) is 4.86. The standard InChI is InChI=1S/C24H31ClN2O2/c1-4-29-23(28)24(17-20-8-10-21(25)11-9-20)12-14-27(15-13-24)19(3)16-22-7-5-6-18(2)26-22/h5-11,19H,4,12-17H2,1-3H3/t19-/m0/s1. The van der Waals surface area contributed by atoms with Crippen molar-refractivity contribution in [2.24, 2.45) is 5.41 Å². The monoisotopic (exact) mass is 414 g/mol. The number of carbonyl (C=O) groups is 1. The van der Waals surface area contributed by atoms with Crippen molar-refractivity contribution in [3.8, 4) is 0 Å². The minimum atomic E-state index is -0.457. The van der Waals surface area contributed by atoms with Gasteiger partial charge in [0, 0.05) is 28.9 Å². The number of likely N-dealkylation sites (tertiary alicyclic amines) is 1. The highest BCUT2D eigenvalue weighted by Crippen LogP contribution is 2.37. The topological polar surface area (TPSA) is 42.4 Å². The first-order chi connectivity index (χ1) is 13.9. The predicted molar refractivity (Wildman–Crippen MR) is 117 cm³/mol. The van der Waals surface area contributed by atoms with Crippen LogP contribution in [0.3, 0.4) is 0 Å². The number of ether oxygens (including phenoxy) is 1. The molecule has 0 saturated carbocycles. The molecule has 1 aliphatic rings. The summed E-state index contributed by atoms with van der Waals surface area (Å²) >= 11 is 6.03. The van der Waals surface area contributed by atoms with Crippen molar-refractivity contribution in [2.45, 2.75) is 52.5 Å². The highest BCUT2D eigenvalue weighted by atomic mass is 35.5. The third kappa shape index (κ3) is 5.58. The molecule has 0 unspecified atom stereocenters. The third-order valence-corrected chi connectivity index (χ3v) is 6.25. The molecule has 0 amide bonds. The number of piperidine rings is 1. The van der Waals surface area contributed by atoms with Gasteiger partial charge in [0.25, 0.3) is 0 Å². The van der Waals surface area contributed by atoms with Crippen LogP contribution in [-0.2, 0) is 22.4 Å². The van der Waals surface area contributed by atoms with Crippen LogP contribution in [0.25, 0.3) is 0 Å². The Kier molecular flexibility index (Phi) is 7.31. The number of nitrogens with zero attached hydrogens (tertiary/aromatic N) is 2. The smallest absolute Gasteiger partial charge is 0.312 e. The Morgan fingerprint density at radius 2 is 1.90 bits per heavy atom. The number of hydrogen-bond acceptors (Lipinski definition) is 4. The van der Waals surface area contributed by atoms with E-state index in [1.54, 1.807) is 0 Å². The lowest BCUT2D eigenvalue weighted by atomic mass is 9.73. The fourth-order valence-electron chi connectivity index (χ4n) is 4.27. The van der Waals surface area contributed by atoms with E-state index < -0.39 is 5.41 Å². The average Bonchev–Trinajstić information content (AvgIpc) is 2.70.